The van der Waals surface area contributed by atoms with Crippen molar-refractivity contribution in [3.05, 3.63) is 53.6 Å². The molecule has 0 aliphatic heterocycles. The summed E-state index contributed by atoms with van der Waals surface area (Å²) in [5.74, 6) is 7.50. The fraction of sp³-hybridized carbons (Fsp3) is 0.286. The molecule has 3 rings (SSSR count). The van der Waals surface area contributed by atoms with E-state index in [0.717, 1.165) is 34.5 Å². The Bertz CT molecular complexity index is 1000. The zero-order valence-corrected chi connectivity index (χ0v) is 17.6. The second-order valence-corrected chi connectivity index (χ2v) is 7.38. The first-order valence-corrected chi connectivity index (χ1v) is 10.5. The van der Waals surface area contributed by atoms with Crippen LogP contribution in [0.15, 0.2) is 47.6 Å². The van der Waals surface area contributed by atoms with Crippen molar-refractivity contribution in [2.24, 2.45) is 0 Å². The number of nitrogens with two attached hydrogens (primary N) is 1. The van der Waals surface area contributed by atoms with Gasteiger partial charge in [-0.2, -0.15) is 0 Å². The van der Waals surface area contributed by atoms with E-state index in [4.69, 9.17) is 10.6 Å². The number of benzene rings is 2. The molecule has 7 nitrogen and oxygen atoms in total. The number of ether oxygens (including phenoxy) is 1. The van der Waals surface area contributed by atoms with Crippen LogP contribution in [0.3, 0.4) is 0 Å². The van der Waals surface area contributed by atoms with Crippen molar-refractivity contribution in [1.82, 2.24) is 14.9 Å². The highest BCUT2D eigenvalue weighted by atomic mass is 32.2. The number of aryl methyl sites for hydroxylation is 2. The Hall–Kier alpha value is -3.00. The molecule has 8 heteroatoms. The molecule has 0 bridgehead atoms. The first-order chi connectivity index (χ1) is 14.0. The van der Waals surface area contributed by atoms with Crippen LogP contribution in [0.5, 0.6) is 5.75 Å². The van der Waals surface area contributed by atoms with Gasteiger partial charge in [0.15, 0.2) is 5.82 Å². The number of nitrogens with one attached hydrogen (secondary N) is 1. The van der Waals surface area contributed by atoms with E-state index < -0.39 is 0 Å². The van der Waals surface area contributed by atoms with Crippen LogP contribution >= 0.6 is 11.8 Å². The van der Waals surface area contributed by atoms with Crippen molar-refractivity contribution >= 4 is 23.4 Å². The van der Waals surface area contributed by atoms with Crippen molar-refractivity contribution in [3.63, 3.8) is 0 Å². The molecule has 3 aromatic rings. The first kappa shape index (κ1) is 20.7. The van der Waals surface area contributed by atoms with Crippen molar-refractivity contribution in [2.45, 2.75) is 32.3 Å². The Morgan fingerprint density at radius 2 is 2.00 bits per heavy atom. The van der Waals surface area contributed by atoms with Gasteiger partial charge in [-0.25, -0.2) is 4.68 Å². The van der Waals surface area contributed by atoms with E-state index in [9.17, 15) is 4.79 Å². The summed E-state index contributed by atoms with van der Waals surface area (Å²) in [4.78, 5) is 12.5. The SMILES string of the molecule is CCOc1cccc(-c2nnc(SCC(=O)Nc3c(C)cccc3CC)n2N)c1. The van der Waals surface area contributed by atoms with E-state index in [1.165, 1.54) is 16.4 Å². The average molecular weight is 412 g/mol. The number of rotatable bonds is 8. The third-order valence-electron chi connectivity index (χ3n) is 4.40. The van der Waals surface area contributed by atoms with Crippen LogP contribution in [0.1, 0.15) is 25.0 Å². The maximum Gasteiger partial charge on any atom is 0.234 e. The van der Waals surface area contributed by atoms with Gasteiger partial charge in [0.25, 0.3) is 0 Å². The third kappa shape index (κ3) is 4.89. The normalized spacial score (nSPS) is 10.7. The van der Waals surface area contributed by atoms with Gasteiger partial charge in [0.05, 0.1) is 12.4 Å². The molecule has 29 heavy (non-hydrogen) atoms. The molecule has 1 heterocycles. The molecule has 0 fully saturated rings. The molecule has 0 aliphatic rings. The monoisotopic (exact) mass is 411 g/mol. The van der Waals surface area contributed by atoms with Crippen molar-refractivity contribution in [1.29, 1.82) is 0 Å². The second-order valence-electron chi connectivity index (χ2n) is 6.44. The van der Waals surface area contributed by atoms with Crippen LogP contribution in [0.4, 0.5) is 5.69 Å². The van der Waals surface area contributed by atoms with E-state index >= 15 is 0 Å². The minimum absolute atomic E-state index is 0.109. The van der Waals surface area contributed by atoms with Gasteiger partial charge in [0.2, 0.25) is 11.1 Å². The second kappa shape index (κ2) is 9.47. The lowest BCUT2D eigenvalue weighted by Gasteiger charge is -2.12. The Morgan fingerprint density at radius 3 is 2.76 bits per heavy atom. The fourth-order valence-corrected chi connectivity index (χ4v) is 3.63. The van der Waals surface area contributed by atoms with Gasteiger partial charge in [0.1, 0.15) is 5.75 Å². The quantitative estimate of drug-likeness (QED) is 0.434. The van der Waals surface area contributed by atoms with Gasteiger partial charge in [0, 0.05) is 11.3 Å². The summed E-state index contributed by atoms with van der Waals surface area (Å²) in [6.07, 6.45) is 0.853. The Balaban J connectivity index is 1.68. The molecule has 1 amide bonds. The molecular formula is C21H25N5O2S. The van der Waals surface area contributed by atoms with Gasteiger partial charge in [-0.3, -0.25) is 4.79 Å². The molecule has 0 unspecified atom stereocenters. The number of carbonyl (C=O) groups excluding carboxylic acids is 1. The minimum atomic E-state index is -0.109. The lowest BCUT2D eigenvalue weighted by molar-refractivity contribution is -0.113. The van der Waals surface area contributed by atoms with E-state index in [2.05, 4.69) is 22.4 Å². The molecule has 0 saturated carbocycles. The summed E-state index contributed by atoms with van der Waals surface area (Å²) in [7, 11) is 0. The van der Waals surface area contributed by atoms with E-state index in [-0.39, 0.29) is 11.7 Å². The number of carbonyl (C=O) groups is 1. The lowest BCUT2D eigenvalue weighted by Crippen LogP contribution is -2.17. The highest BCUT2D eigenvalue weighted by molar-refractivity contribution is 7.99. The maximum absolute atomic E-state index is 12.5. The summed E-state index contributed by atoms with van der Waals surface area (Å²) in [6, 6.07) is 13.5. The zero-order valence-electron chi connectivity index (χ0n) is 16.8. The standard InChI is InChI=1S/C21H25N5O2S/c1-4-15-9-6-8-14(3)19(15)23-18(27)13-29-21-25-24-20(26(21)22)16-10-7-11-17(12-16)28-5-2/h6-12H,4-5,13,22H2,1-3H3,(H,23,27). The van der Waals surface area contributed by atoms with Crippen molar-refractivity contribution < 1.29 is 9.53 Å². The highest BCUT2D eigenvalue weighted by Gasteiger charge is 2.15. The van der Waals surface area contributed by atoms with Gasteiger partial charge < -0.3 is 15.9 Å². The van der Waals surface area contributed by atoms with Crippen LogP contribution < -0.4 is 15.9 Å². The lowest BCUT2D eigenvalue weighted by atomic mass is 10.1. The molecule has 1 aromatic heterocycles. The van der Waals surface area contributed by atoms with Crippen molar-refractivity contribution in [3.8, 4) is 17.1 Å². The van der Waals surface area contributed by atoms with Crippen LogP contribution in [0, 0.1) is 6.92 Å². The van der Waals surface area contributed by atoms with Crippen molar-refractivity contribution in [2.75, 3.05) is 23.5 Å². The molecular weight excluding hydrogens is 386 g/mol. The molecule has 152 valence electrons. The summed E-state index contributed by atoms with van der Waals surface area (Å²) in [5, 5.41) is 11.8. The van der Waals surface area contributed by atoms with Gasteiger partial charge in [-0.15, -0.1) is 10.2 Å². The molecule has 0 atom stereocenters. The minimum Gasteiger partial charge on any atom is -0.494 e. The Kier molecular flexibility index (Phi) is 6.77. The number of nitrogen functional groups attached to an aromatic ring is 1. The summed E-state index contributed by atoms with van der Waals surface area (Å²) >= 11 is 1.24. The third-order valence-corrected chi connectivity index (χ3v) is 5.35. The van der Waals surface area contributed by atoms with Crippen LogP contribution in [-0.2, 0) is 11.2 Å². The molecule has 0 saturated heterocycles. The van der Waals surface area contributed by atoms with Crippen LogP contribution in [-0.4, -0.2) is 33.1 Å². The number of hydrogen-bond acceptors (Lipinski definition) is 6. The van der Waals surface area contributed by atoms with Gasteiger partial charge in [-0.1, -0.05) is 49.0 Å². The Morgan fingerprint density at radius 1 is 1.21 bits per heavy atom. The Labute approximate surface area is 174 Å². The molecule has 0 radical (unpaired) electrons. The van der Waals surface area contributed by atoms with Crippen LogP contribution in [0.25, 0.3) is 11.4 Å². The average Bonchev–Trinajstić information content (AvgIpc) is 3.09. The predicted molar refractivity (Wildman–Crippen MR) is 117 cm³/mol. The number of hydrogen-bond donors (Lipinski definition) is 2. The first-order valence-electron chi connectivity index (χ1n) is 9.48. The number of amides is 1. The van der Waals surface area contributed by atoms with E-state index in [1.54, 1.807) is 0 Å². The summed E-state index contributed by atoms with van der Waals surface area (Å²) in [5.41, 5.74) is 3.83. The van der Waals surface area contributed by atoms with Gasteiger partial charge >= 0.3 is 0 Å². The smallest absolute Gasteiger partial charge is 0.234 e. The number of anilines is 1. The molecule has 0 aliphatic carbocycles. The van der Waals surface area contributed by atoms with E-state index in [1.807, 2.05) is 56.3 Å². The predicted octanol–water partition coefficient (Wildman–Crippen LogP) is 3.66. The number of thioether (sulfide) groups is 1. The summed E-state index contributed by atoms with van der Waals surface area (Å²) < 4.78 is 6.92. The topological polar surface area (TPSA) is 95.1 Å². The summed E-state index contributed by atoms with van der Waals surface area (Å²) in [6.45, 7) is 6.56. The van der Waals surface area contributed by atoms with E-state index in [0.29, 0.717) is 17.6 Å². The number of aromatic nitrogens is 3. The highest BCUT2D eigenvalue weighted by Crippen LogP contribution is 2.25. The molecule has 0 spiro atoms. The number of para-hydroxylation sites is 1. The molecule has 3 N–H and O–H groups in total. The molecule has 2 aromatic carbocycles. The maximum atomic E-state index is 12.5. The zero-order chi connectivity index (χ0) is 20.8. The fourth-order valence-electron chi connectivity index (χ4n) is 2.97. The largest absolute Gasteiger partial charge is 0.494 e. The van der Waals surface area contributed by atoms with Crippen LogP contribution in [0.2, 0.25) is 0 Å². The number of nitrogens with zero attached hydrogens (tertiary/aromatic N) is 3. The van der Waals surface area contributed by atoms with Gasteiger partial charge in [-0.05, 0) is 43.5 Å².